The summed E-state index contributed by atoms with van der Waals surface area (Å²) in [6.45, 7) is 0.357. The van der Waals surface area contributed by atoms with Crippen molar-refractivity contribution in [3.63, 3.8) is 0 Å². The summed E-state index contributed by atoms with van der Waals surface area (Å²) < 4.78 is 71.3. The molecule has 7 nitrogen and oxygen atoms in total. The Morgan fingerprint density at radius 3 is 2.60 bits per heavy atom. The van der Waals surface area contributed by atoms with Gasteiger partial charge < -0.3 is 10.1 Å². The number of hydrogen-bond acceptors (Lipinski definition) is 6. The Hall–Kier alpha value is -2.16. The van der Waals surface area contributed by atoms with Gasteiger partial charge in [0, 0.05) is 20.2 Å². The highest BCUT2D eigenvalue weighted by Crippen LogP contribution is 2.38. The van der Waals surface area contributed by atoms with Crippen LogP contribution in [0.15, 0.2) is 29.2 Å². The second kappa shape index (κ2) is 8.17. The Morgan fingerprint density at radius 1 is 1.37 bits per heavy atom. The van der Waals surface area contributed by atoms with Crippen LogP contribution in [0.3, 0.4) is 0 Å². The van der Waals surface area contributed by atoms with E-state index in [0.717, 1.165) is 18.2 Å². The van der Waals surface area contributed by atoms with Crippen LogP contribution in [0.1, 0.15) is 24.8 Å². The molecule has 2 atom stereocenters. The van der Waals surface area contributed by atoms with Gasteiger partial charge in [-0.05, 0) is 31.4 Å². The number of carbonyl (C=O) groups excluding carboxylic acids is 1. The molecule has 0 bridgehead atoms. The molecular formula is C19H22F3N3O4S. The van der Waals surface area contributed by atoms with Crippen LogP contribution in [0.2, 0.25) is 0 Å². The van der Waals surface area contributed by atoms with Gasteiger partial charge in [0.2, 0.25) is 5.91 Å². The molecule has 30 heavy (non-hydrogen) atoms. The summed E-state index contributed by atoms with van der Waals surface area (Å²) in [6.07, 6.45) is -3.95. The molecule has 1 aliphatic heterocycles. The third kappa shape index (κ3) is 4.45. The summed E-state index contributed by atoms with van der Waals surface area (Å²) in [6, 6.07) is 5.22. The molecule has 1 heterocycles. The highest BCUT2D eigenvalue weighted by Gasteiger charge is 2.50. The summed E-state index contributed by atoms with van der Waals surface area (Å²) in [5.41, 5.74) is -2.15. The van der Waals surface area contributed by atoms with E-state index in [9.17, 15) is 31.6 Å². The van der Waals surface area contributed by atoms with Crippen molar-refractivity contribution in [2.24, 2.45) is 0 Å². The number of rotatable bonds is 7. The maximum atomic E-state index is 13.4. The summed E-state index contributed by atoms with van der Waals surface area (Å²) in [7, 11) is -2.91. The van der Waals surface area contributed by atoms with Gasteiger partial charge in [-0.25, -0.2) is 8.42 Å². The number of carbonyl (C=O) groups is 1. The molecule has 3 rings (SSSR count). The van der Waals surface area contributed by atoms with E-state index in [2.05, 4.69) is 5.32 Å². The number of alkyl halides is 3. The van der Waals surface area contributed by atoms with Gasteiger partial charge in [0.25, 0.3) is 0 Å². The van der Waals surface area contributed by atoms with Gasteiger partial charge in [-0.3, -0.25) is 9.69 Å². The second-order valence-electron chi connectivity index (χ2n) is 7.58. The third-order valence-corrected chi connectivity index (χ3v) is 7.70. The molecule has 2 aliphatic rings. The number of nitriles is 1. The van der Waals surface area contributed by atoms with E-state index in [0.29, 0.717) is 12.8 Å². The van der Waals surface area contributed by atoms with E-state index < -0.39 is 49.2 Å². The molecule has 1 saturated heterocycles. The Balaban J connectivity index is 1.88. The fourth-order valence-electron chi connectivity index (χ4n) is 3.65. The van der Waals surface area contributed by atoms with E-state index in [1.54, 1.807) is 4.90 Å². The predicted molar refractivity (Wildman–Crippen MR) is 100.0 cm³/mol. The monoisotopic (exact) mass is 445 g/mol. The van der Waals surface area contributed by atoms with E-state index in [1.165, 1.54) is 13.2 Å². The number of hydrogen-bond donors (Lipinski definition) is 1. The number of nitrogens with one attached hydrogen (secondary N) is 1. The van der Waals surface area contributed by atoms with Crippen LogP contribution >= 0.6 is 0 Å². The average Bonchev–Trinajstić information content (AvgIpc) is 3.33. The highest BCUT2D eigenvalue weighted by atomic mass is 32.2. The molecule has 2 fully saturated rings. The molecule has 1 aliphatic carbocycles. The number of sulfone groups is 1. The fourth-order valence-corrected chi connectivity index (χ4v) is 5.59. The smallest absolute Gasteiger partial charge is 0.383 e. The van der Waals surface area contributed by atoms with Crippen LogP contribution in [0.4, 0.5) is 13.2 Å². The molecule has 1 aromatic carbocycles. The molecular weight excluding hydrogens is 423 g/mol. The molecule has 0 radical (unpaired) electrons. The first-order valence-corrected chi connectivity index (χ1v) is 10.9. The quantitative estimate of drug-likeness (QED) is 0.687. The van der Waals surface area contributed by atoms with Crippen molar-refractivity contribution in [2.75, 3.05) is 26.8 Å². The normalized spacial score (nSPS) is 23.7. The lowest BCUT2D eigenvalue weighted by Gasteiger charge is -2.24. The maximum Gasteiger partial charge on any atom is 0.417 e. The standard InChI is InChI=1S/C19H22F3N3O4S/c1-29-9-8-25-11-13(10-15(25)17(26)24-18(12-23)6-7-18)30(27,28)16-5-3-2-4-14(16)19(20,21)22/h2-5,13,15H,6-11H2,1H3,(H,24,26)/t13?,15-/m0/s1. The van der Waals surface area contributed by atoms with Crippen molar-refractivity contribution in [2.45, 2.75) is 47.2 Å². The van der Waals surface area contributed by atoms with E-state index in [4.69, 9.17) is 4.74 Å². The van der Waals surface area contributed by atoms with Crippen LogP contribution in [0, 0.1) is 11.3 Å². The number of methoxy groups -OCH3 is 1. The zero-order valence-electron chi connectivity index (χ0n) is 16.3. The Kier molecular flexibility index (Phi) is 6.13. The van der Waals surface area contributed by atoms with Crippen molar-refractivity contribution < 1.29 is 31.1 Å². The Bertz CT molecular complexity index is 955. The van der Waals surface area contributed by atoms with Crippen LogP contribution in [-0.4, -0.2) is 62.9 Å². The fraction of sp³-hybridized carbons (Fsp3) is 0.579. The largest absolute Gasteiger partial charge is 0.417 e. The maximum absolute atomic E-state index is 13.4. The summed E-state index contributed by atoms with van der Waals surface area (Å²) in [4.78, 5) is 13.6. The number of amides is 1. The molecule has 1 aromatic rings. The minimum Gasteiger partial charge on any atom is -0.383 e. The minimum absolute atomic E-state index is 0.102. The van der Waals surface area contributed by atoms with Gasteiger partial charge in [0.05, 0.1) is 34.4 Å². The molecule has 1 unspecified atom stereocenters. The van der Waals surface area contributed by atoms with Gasteiger partial charge >= 0.3 is 6.18 Å². The average molecular weight is 445 g/mol. The van der Waals surface area contributed by atoms with Crippen molar-refractivity contribution in [3.05, 3.63) is 29.8 Å². The topological polar surface area (TPSA) is 99.5 Å². The molecule has 1 amide bonds. The predicted octanol–water partition coefficient (Wildman–Crippen LogP) is 1.74. The molecule has 1 saturated carbocycles. The van der Waals surface area contributed by atoms with Crippen LogP contribution in [0.25, 0.3) is 0 Å². The van der Waals surface area contributed by atoms with Crippen molar-refractivity contribution in [3.8, 4) is 6.07 Å². The highest BCUT2D eigenvalue weighted by molar-refractivity contribution is 7.92. The number of benzene rings is 1. The van der Waals surface area contributed by atoms with Crippen LogP contribution in [-0.2, 0) is 25.5 Å². The Morgan fingerprint density at radius 2 is 2.03 bits per heavy atom. The summed E-state index contributed by atoms with van der Waals surface area (Å²) >= 11 is 0. The van der Waals surface area contributed by atoms with Gasteiger partial charge in [-0.15, -0.1) is 0 Å². The van der Waals surface area contributed by atoms with Crippen LogP contribution in [0.5, 0.6) is 0 Å². The lowest BCUT2D eigenvalue weighted by Crippen LogP contribution is -2.48. The summed E-state index contributed by atoms with van der Waals surface area (Å²) in [5, 5.41) is 10.7. The number of nitrogens with zero attached hydrogens (tertiary/aromatic N) is 2. The van der Waals surface area contributed by atoms with E-state index >= 15 is 0 Å². The number of likely N-dealkylation sites (tertiary alicyclic amines) is 1. The minimum atomic E-state index is -4.82. The lowest BCUT2D eigenvalue weighted by atomic mass is 10.2. The van der Waals surface area contributed by atoms with E-state index in [1.807, 2.05) is 6.07 Å². The molecule has 1 N–H and O–H groups in total. The number of ether oxygens (including phenoxy) is 1. The first kappa shape index (κ1) is 22.5. The third-order valence-electron chi connectivity index (χ3n) is 5.51. The van der Waals surface area contributed by atoms with Gasteiger partial charge in [-0.1, -0.05) is 12.1 Å². The van der Waals surface area contributed by atoms with Crippen molar-refractivity contribution in [1.82, 2.24) is 10.2 Å². The zero-order valence-corrected chi connectivity index (χ0v) is 17.1. The first-order chi connectivity index (χ1) is 14.0. The molecule has 0 spiro atoms. The lowest BCUT2D eigenvalue weighted by molar-refractivity contribution is -0.139. The molecule has 164 valence electrons. The Labute approximate surface area is 172 Å². The number of halogens is 3. The summed E-state index contributed by atoms with van der Waals surface area (Å²) in [5.74, 6) is -0.494. The van der Waals surface area contributed by atoms with Gasteiger partial charge in [0.1, 0.15) is 5.54 Å². The van der Waals surface area contributed by atoms with Gasteiger partial charge in [-0.2, -0.15) is 18.4 Å². The van der Waals surface area contributed by atoms with E-state index in [-0.39, 0.29) is 26.1 Å². The first-order valence-electron chi connectivity index (χ1n) is 9.40. The van der Waals surface area contributed by atoms with Crippen molar-refractivity contribution >= 4 is 15.7 Å². The van der Waals surface area contributed by atoms with Crippen LogP contribution < -0.4 is 5.32 Å². The molecule has 11 heteroatoms. The SMILES string of the molecule is COCCN1CC(S(=O)(=O)c2ccccc2C(F)(F)F)C[C@H]1C(=O)NC1(C#N)CC1. The zero-order chi connectivity index (χ0) is 22.2. The van der Waals surface area contributed by atoms with Gasteiger partial charge in [0.15, 0.2) is 9.84 Å². The second-order valence-corrected chi connectivity index (χ2v) is 9.78. The van der Waals surface area contributed by atoms with Crippen molar-refractivity contribution in [1.29, 1.82) is 5.26 Å². The molecule has 0 aromatic heterocycles.